The van der Waals surface area contributed by atoms with Crippen molar-refractivity contribution >= 4 is 5.78 Å². The molecule has 0 saturated carbocycles. The third-order valence-corrected chi connectivity index (χ3v) is 4.30. The maximum atomic E-state index is 12.3. The molecule has 0 N–H and O–H groups in total. The smallest absolute Gasteiger partial charge is 0.259 e. The predicted octanol–water partition coefficient (Wildman–Crippen LogP) is 3.67. The van der Waals surface area contributed by atoms with Gasteiger partial charge in [0.15, 0.2) is 0 Å². The van der Waals surface area contributed by atoms with Crippen molar-refractivity contribution in [2.45, 2.75) is 39.7 Å². The minimum absolute atomic E-state index is 0.0403. The van der Waals surface area contributed by atoms with Gasteiger partial charge in [-0.1, -0.05) is 19.8 Å². The Hall–Kier alpha value is -2.56. The average molecular weight is 325 g/mol. The number of hydrogen-bond donors (Lipinski definition) is 0. The van der Waals surface area contributed by atoms with Gasteiger partial charge in [-0.15, -0.1) is 0 Å². The highest BCUT2D eigenvalue weighted by Gasteiger charge is 2.11. The van der Waals surface area contributed by atoms with Crippen LogP contribution in [0.4, 0.5) is 0 Å². The second-order valence-electron chi connectivity index (χ2n) is 6.01. The molecule has 5 nitrogen and oxygen atoms in total. The molecule has 0 radical (unpaired) electrons. The Morgan fingerprint density at radius 1 is 1.17 bits per heavy atom. The quantitative estimate of drug-likeness (QED) is 0.650. The van der Waals surface area contributed by atoms with Gasteiger partial charge >= 0.3 is 0 Å². The van der Waals surface area contributed by atoms with Gasteiger partial charge in [-0.2, -0.15) is 0 Å². The summed E-state index contributed by atoms with van der Waals surface area (Å²) in [5.74, 6) is 1.51. The van der Waals surface area contributed by atoms with Crippen molar-refractivity contribution < 1.29 is 4.74 Å². The average Bonchev–Trinajstić information content (AvgIpc) is 3.03. The molecule has 5 heteroatoms. The number of hydrogen-bond acceptors (Lipinski definition) is 3. The zero-order valence-electron chi connectivity index (χ0n) is 14.5. The highest BCUT2D eigenvalue weighted by molar-refractivity contribution is 5.62. The van der Waals surface area contributed by atoms with Crippen LogP contribution in [-0.4, -0.2) is 21.1 Å². The molecule has 0 atom stereocenters. The summed E-state index contributed by atoms with van der Waals surface area (Å²) >= 11 is 0. The second kappa shape index (κ2) is 6.91. The molecule has 0 saturated heterocycles. The molecule has 0 amide bonds. The first kappa shape index (κ1) is 16.3. The molecule has 0 spiro atoms. The number of rotatable bonds is 6. The van der Waals surface area contributed by atoms with E-state index in [0.717, 1.165) is 35.7 Å². The largest absolute Gasteiger partial charge is 0.497 e. The normalized spacial score (nSPS) is 11.1. The summed E-state index contributed by atoms with van der Waals surface area (Å²) in [5, 5.41) is 0. The van der Waals surface area contributed by atoms with Crippen molar-refractivity contribution in [1.29, 1.82) is 0 Å². The summed E-state index contributed by atoms with van der Waals surface area (Å²) in [6.07, 6.45) is 5.24. The maximum Gasteiger partial charge on any atom is 0.259 e. The van der Waals surface area contributed by atoms with Crippen LogP contribution in [0.5, 0.6) is 5.75 Å². The summed E-state index contributed by atoms with van der Waals surface area (Å²) in [6, 6.07) is 9.40. The van der Waals surface area contributed by atoms with Gasteiger partial charge in [0, 0.05) is 30.1 Å². The van der Waals surface area contributed by atoms with Crippen LogP contribution >= 0.6 is 0 Å². The van der Waals surface area contributed by atoms with E-state index in [1.165, 1.54) is 12.8 Å². The Balaban J connectivity index is 2.06. The van der Waals surface area contributed by atoms with Crippen molar-refractivity contribution in [2.75, 3.05) is 7.11 Å². The van der Waals surface area contributed by atoms with E-state index in [2.05, 4.69) is 11.5 Å². The third kappa shape index (κ3) is 3.07. The van der Waals surface area contributed by atoms with Crippen LogP contribution in [0.2, 0.25) is 0 Å². The van der Waals surface area contributed by atoms with Crippen molar-refractivity contribution in [3.05, 3.63) is 52.6 Å². The first-order chi connectivity index (χ1) is 11.6. The number of benzene rings is 1. The maximum absolute atomic E-state index is 12.3. The number of ether oxygens (including phenoxy) is 1. The van der Waals surface area contributed by atoms with Crippen molar-refractivity contribution in [3.8, 4) is 17.0 Å². The first-order valence-corrected chi connectivity index (χ1v) is 8.38. The zero-order valence-corrected chi connectivity index (χ0v) is 14.5. The van der Waals surface area contributed by atoms with Gasteiger partial charge in [0.2, 0.25) is 5.78 Å². The highest BCUT2D eigenvalue weighted by atomic mass is 16.5. The zero-order chi connectivity index (χ0) is 17.1. The van der Waals surface area contributed by atoms with Gasteiger partial charge < -0.3 is 9.30 Å². The lowest BCUT2D eigenvalue weighted by Gasteiger charge is -2.11. The SMILES string of the molecule is CCCCCn1c(C)cc(=O)n2cc(-c3ccc(OC)cc3)nc12. The van der Waals surface area contributed by atoms with Crippen LogP contribution in [0.1, 0.15) is 31.9 Å². The molecule has 0 aliphatic rings. The van der Waals surface area contributed by atoms with E-state index in [4.69, 9.17) is 9.72 Å². The Bertz CT molecular complexity index is 891. The summed E-state index contributed by atoms with van der Waals surface area (Å²) in [5.41, 5.74) is 2.68. The van der Waals surface area contributed by atoms with Gasteiger partial charge in [-0.25, -0.2) is 4.98 Å². The topological polar surface area (TPSA) is 48.5 Å². The van der Waals surface area contributed by atoms with E-state index in [1.807, 2.05) is 37.4 Å². The molecular weight excluding hydrogens is 302 g/mol. The molecule has 24 heavy (non-hydrogen) atoms. The van der Waals surface area contributed by atoms with Crippen LogP contribution in [0.15, 0.2) is 41.3 Å². The molecule has 0 bridgehead atoms. The fourth-order valence-electron chi connectivity index (χ4n) is 2.90. The molecule has 0 unspecified atom stereocenters. The second-order valence-corrected chi connectivity index (χ2v) is 6.01. The molecule has 3 rings (SSSR count). The van der Waals surface area contributed by atoms with Crippen LogP contribution < -0.4 is 10.3 Å². The summed E-state index contributed by atoms with van der Waals surface area (Å²) in [4.78, 5) is 17.0. The van der Waals surface area contributed by atoms with Gasteiger partial charge in [0.05, 0.1) is 12.8 Å². The van der Waals surface area contributed by atoms with Gasteiger partial charge in [-0.05, 0) is 37.6 Å². The van der Waals surface area contributed by atoms with Crippen molar-refractivity contribution in [1.82, 2.24) is 14.0 Å². The van der Waals surface area contributed by atoms with E-state index in [0.29, 0.717) is 5.78 Å². The van der Waals surface area contributed by atoms with E-state index >= 15 is 0 Å². The van der Waals surface area contributed by atoms with Crippen molar-refractivity contribution in [2.24, 2.45) is 0 Å². The highest BCUT2D eigenvalue weighted by Crippen LogP contribution is 2.22. The number of aryl methyl sites for hydroxylation is 2. The molecular formula is C19H23N3O2. The fourth-order valence-corrected chi connectivity index (χ4v) is 2.90. The van der Waals surface area contributed by atoms with Gasteiger partial charge in [0.1, 0.15) is 5.75 Å². The fraction of sp³-hybridized carbons (Fsp3) is 0.368. The number of fused-ring (bicyclic) bond motifs is 1. The Morgan fingerprint density at radius 2 is 1.92 bits per heavy atom. The van der Waals surface area contributed by atoms with Crippen LogP contribution in [0.25, 0.3) is 17.0 Å². The molecule has 126 valence electrons. The molecule has 3 aromatic rings. The lowest BCUT2D eigenvalue weighted by atomic mass is 10.2. The van der Waals surface area contributed by atoms with Gasteiger partial charge in [-0.3, -0.25) is 9.20 Å². The molecule has 0 aliphatic carbocycles. The third-order valence-electron chi connectivity index (χ3n) is 4.30. The van der Waals surface area contributed by atoms with E-state index < -0.39 is 0 Å². The summed E-state index contributed by atoms with van der Waals surface area (Å²) in [6.45, 7) is 5.03. The van der Waals surface area contributed by atoms with Crippen LogP contribution in [0.3, 0.4) is 0 Å². The predicted molar refractivity (Wildman–Crippen MR) is 95.7 cm³/mol. The Labute approximate surface area is 141 Å². The number of methoxy groups -OCH3 is 1. The molecule has 2 heterocycles. The molecule has 0 aliphatic heterocycles. The molecule has 2 aromatic heterocycles. The minimum atomic E-state index is -0.0403. The summed E-state index contributed by atoms with van der Waals surface area (Å²) < 4.78 is 8.96. The lowest BCUT2D eigenvalue weighted by molar-refractivity contribution is 0.415. The Morgan fingerprint density at radius 3 is 2.58 bits per heavy atom. The van der Waals surface area contributed by atoms with Crippen molar-refractivity contribution in [3.63, 3.8) is 0 Å². The summed E-state index contributed by atoms with van der Waals surface area (Å²) in [7, 11) is 1.64. The van der Waals surface area contributed by atoms with E-state index in [9.17, 15) is 4.79 Å². The molecule has 0 fully saturated rings. The van der Waals surface area contributed by atoms with E-state index in [-0.39, 0.29) is 5.56 Å². The van der Waals surface area contributed by atoms with Crippen LogP contribution in [-0.2, 0) is 6.54 Å². The number of imidazole rings is 1. The number of nitrogens with zero attached hydrogens (tertiary/aromatic N) is 3. The number of aromatic nitrogens is 3. The Kier molecular flexibility index (Phi) is 4.69. The van der Waals surface area contributed by atoms with E-state index in [1.54, 1.807) is 17.6 Å². The van der Waals surface area contributed by atoms with Crippen LogP contribution in [0, 0.1) is 6.92 Å². The standard InChI is InChI=1S/C19H23N3O2/c1-4-5-6-11-21-14(2)12-18(23)22-13-17(20-19(21)22)15-7-9-16(24-3)10-8-15/h7-10,12-13H,4-6,11H2,1-3H3. The molecule has 1 aromatic carbocycles. The number of unbranched alkanes of at least 4 members (excludes halogenated alkanes) is 2. The first-order valence-electron chi connectivity index (χ1n) is 8.38. The minimum Gasteiger partial charge on any atom is -0.497 e. The monoisotopic (exact) mass is 325 g/mol. The lowest BCUT2D eigenvalue weighted by Crippen LogP contribution is -2.18. The van der Waals surface area contributed by atoms with Gasteiger partial charge in [0.25, 0.3) is 5.56 Å².